The molecular formula is C54H96NO7+. The lowest BCUT2D eigenvalue weighted by Crippen LogP contribution is -2.50. The quantitative estimate of drug-likeness (QED) is 0.0282. The maximum absolute atomic E-state index is 12.7. The van der Waals surface area contributed by atoms with Gasteiger partial charge in [0.15, 0.2) is 12.1 Å². The van der Waals surface area contributed by atoms with Crippen LogP contribution >= 0.6 is 0 Å². The number of aliphatic carboxylic acids is 1. The fraction of sp³-hybridized carbons (Fsp3) is 0.759. The topological polar surface area (TPSA) is 99.1 Å². The first kappa shape index (κ1) is 59.0. The molecule has 0 bridgehead atoms. The van der Waals surface area contributed by atoms with Crippen LogP contribution in [-0.2, 0) is 28.6 Å². The molecule has 0 fully saturated rings. The Morgan fingerprint density at radius 3 is 1.39 bits per heavy atom. The predicted molar refractivity (Wildman–Crippen MR) is 261 cm³/mol. The third kappa shape index (κ3) is 42.3. The molecule has 2 atom stereocenters. The van der Waals surface area contributed by atoms with Crippen molar-refractivity contribution in [3.8, 4) is 0 Å². The van der Waals surface area contributed by atoms with Crippen LogP contribution in [-0.4, -0.2) is 80.6 Å². The lowest BCUT2D eigenvalue weighted by molar-refractivity contribution is -0.887. The number of unbranched alkanes of at least 4 members (excludes halogenated alkanes) is 21. The van der Waals surface area contributed by atoms with E-state index in [1.165, 1.54) is 116 Å². The van der Waals surface area contributed by atoms with E-state index in [0.29, 0.717) is 19.3 Å². The molecular weight excluding hydrogens is 775 g/mol. The van der Waals surface area contributed by atoms with Crippen molar-refractivity contribution in [2.45, 2.75) is 225 Å². The minimum absolute atomic E-state index is 0.0429. The summed E-state index contributed by atoms with van der Waals surface area (Å²) >= 11 is 0. The summed E-state index contributed by atoms with van der Waals surface area (Å²) in [7, 11) is 5.52. The Morgan fingerprint density at radius 2 is 0.903 bits per heavy atom. The van der Waals surface area contributed by atoms with Crippen molar-refractivity contribution in [2.24, 2.45) is 0 Å². The van der Waals surface area contributed by atoms with Crippen molar-refractivity contribution in [3.05, 3.63) is 60.8 Å². The van der Waals surface area contributed by atoms with Crippen LogP contribution in [0.4, 0.5) is 0 Å². The van der Waals surface area contributed by atoms with Crippen LogP contribution in [0.3, 0.4) is 0 Å². The van der Waals surface area contributed by atoms with Gasteiger partial charge in [-0.2, -0.15) is 0 Å². The van der Waals surface area contributed by atoms with E-state index in [-0.39, 0.29) is 42.7 Å². The van der Waals surface area contributed by atoms with E-state index < -0.39 is 18.1 Å². The van der Waals surface area contributed by atoms with Gasteiger partial charge in [0.25, 0.3) is 0 Å². The Hall–Kier alpha value is -2.97. The van der Waals surface area contributed by atoms with Gasteiger partial charge < -0.3 is 23.8 Å². The van der Waals surface area contributed by atoms with Gasteiger partial charge in [-0.15, -0.1) is 0 Å². The summed E-state index contributed by atoms with van der Waals surface area (Å²) in [5.41, 5.74) is 0. The lowest BCUT2D eigenvalue weighted by atomic mass is 10.0. The maximum atomic E-state index is 12.7. The van der Waals surface area contributed by atoms with Crippen molar-refractivity contribution in [1.82, 2.24) is 0 Å². The van der Waals surface area contributed by atoms with E-state index in [9.17, 15) is 19.5 Å². The third-order valence-electron chi connectivity index (χ3n) is 11.2. The molecule has 0 aliphatic heterocycles. The number of quaternary nitrogens is 1. The highest BCUT2D eigenvalue weighted by Crippen LogP contribution is 2.15. The fourth-order valence-corrected chi connectivity index (χ4v) is 7.25. The summed E-state index contributed by atoms with van der Waals surface area (Å²) in [5.74, 6) is -1.52. The summed E-state index contributed by atoms with van der Waals surface area (Å²) in [5, 5.41) is 9.64. The van der Waals surface area contributed by atoms with Gasteiger partial charge in [0, 0.05) is 19.3 Å². The Bertz CT molecular complexity index is 1200. The van der Waals surface area contributed by atoms with Crippen molar-refractivity contribution in [3.63, 3.8) is 0 Å². The van der Waals surface area contributed by atoms with Gasteiger partial charge in [0.2, 0.25) is 0 Å². The van der Waals surface area contributed by atoms with Crippen LogP contribution in [0, 0.1) is 0 Å². The average molecular weight is 871 g/mol. The smallest absolute Gasteiger partial charge is 0.362 e. The first-order valence-electron chi connectivity index (χ1n) is 25.3. The number of carboxylic acid groups (broad SMARTS) is 1. The normalized spacial score (nSPS) is 13.4. The van der Waals surface area contributed by atoms with Gasteiger partial charge >= 0.3 is 17.9 Å². The fourth-order valence-electron chi connectivity index (χ4n) is 7.25. The monoisotopic (exact) mass is 871 g/mol. The van der Waals surface area contributed by atoms with Gasteiger partial charge in [-0.25, -0.2) is 4.79 Å². The minimum atomic E-state index is -0.882. The maximum Gasteiger partial charge on any atom is 0.362 e. The lowest BCUT2D eigenvalue weighted by Gasteiger charge is -2.31. The number of allylic oxidation sites excluding steroid dienone is 10. The second kappa shape index (κ2) is 44.6. The summed E-state index contributed by atoms with van der Waals surface area (Å²) in [6.07, 6.45) is 55.7. The summed E-state index contributed by atoms with van der Waals surface area (Å²) < 4.78 is 17.3. The third-order valence-corrected chi connectivity index (χ3v) is 11.2. The molecule has 0 aromatic carbocycles. The second-order valence-corrected chi connectivity index (χ2v) is 18.0. The molecule has 0 rings (SSSR count). The molecule has 0 spiro atoms. The molecule has 358 valence electrons. The molecule has 8 nitrogen and oxygen atoms in total. The summed E-state index contributed by atoms with van der Waals surface area (Å²) in [6.45, 7) is 4.59. The molecule has 62 heavy (non-hydrogen) atoms. The number of ether oxygens (including phenoxy) is 3. The zero-order valence-electron chi connectivity index (χ0n) is 40.8. The SMILES string of the molecule is CC/C=C\C/C=C\C/C=C\C/C=C\CCCCC(=O)OC(COCCC(C(=O)O)[N+](C)(C)C)COC(=O)CCCCCCCCCCCCC/C=C\CCCCCCCCCC. The molecule has 0 radical (unpaired) electrons. The molecule has 0 aliphatic rings. The van der Waals surface area contributed by atoms with Crippen molar-refractivity contribution >= 4 is 17.9 Å². The van der Waals surface area contributed by atoms with Crippen LogP contribution < -0.4 is 0 Å². The molecule has 0 saturated heterocycles. The molecule has 1 N–H and O–H groups in total. The number of hydrogen-bond acceptors (Lipinski definition) is 6. The zero-order chi connectivity index (χ0) is 45.6. The number of nitrogens with zero attached hydrogens (tertiary/aromatic N) is 1. The van der Waals surface area contributed by atoms with Gasteiger partial charge in [-0.1, -0.05) is 177 Å². The average Bonchev–Trinajstić information content (AvgIpc) is 3.23. The highest BCUT2D eigenvalue weighted by molar-refractivity contribution is 5.72. The van der Waals surface area contributed by atoms with Crippen molar-refractivity contribution in [2.75, 3.05) is 41.0 Å². The Morgan fingerprint density at radius 1 is 0.500 bits per heavy atom. The van der Waals surface area contributed by atoms with Gasteiger partial charge in [0.05, 0.1) is 34.4 Å². The van der Waals surface area contributed by atoms with Crippen LogP contribution in [0.25, 0.3) is 0 Å². The first-order valence-corrected chi connectivity index (χ1v) is 25.3. The highest BCUT2D eigenvalue weighted by atomic mass is 16.6. The summed E-state index contributed by atoms with van der Waals surface area (Å²) in [6, 6.07) is -0.624. The zero-order valence-corrected chi connectivity index (χ0v) is 40.8. The number of hydrogen-bond donors (Lipinski definition) is 1. The minimum Gasteiger partial charge on any atom is -0.477 e. The van der Waals surface area contributed by atoms with E-state index in [2.05, 4.69) is 74.6 Å². The van der Waals surface area contributed by atoms with Crippen LogP contribution in [0.1, 0.15) is 213 Å². The molecule has 0 aromatic heterocycles. The molecule has 0 saturated carbocycles. The Kier molecular flexibility index (Phi) is 42.5. The largest absolute Gasteiger partial charge is 0.477 e. The summed E-state index contributed by atoms with van der Waals surface area (Å²) in [4.78, 5) is 37.1. The molecule has 0 amide bonds. The van der Waals surface area contributed by atoms with Gasteiger partial charge in [-0.3, -0.25) is 9.59 Å². The molecule has 0 aromatic rings. The Balaban J connectivity index is 4.24. The predicted octanol–water partition coefficient (Wildman–Crippen LogP) is 14.5. The van der Waals surface area contributed by atoms with E-state index in [1.54, 1.807) is 0 Å². The van der Waals surface area contributed by atoms with Crippen LogP contribution in [0.2, 0.25) is 0 Å². The van der Waals surface area contributed by atoms with Crippen molar-refractivity contribution < 1.29 is 38.2 Å². The van der Waals surface area contributed by atoms with E-state index >= 15 is 0 Å². The molecule has 8 heteroatoms. The molecule has 0 aliphatic carbocycles. The van der Waals surface area contributed by atoms with Gasteiger partial charge in [-0.05, 0) is 77.0 Å². The van der Waals surface area contributed by atoms with Gasteiger partial charge in [0.1, 0.15) is 6.61 Å². The standard InChI is InChI=1S/C54H95NO7/c1-6-8-10-12-14-16-18-20-22-23-24-25-26-27-28-29-31-32-34-36-38-40-42-44-52(56)61-49-50(48-60-47-46-51(54(58)59)55(3,4)5)62-53(57)45-43-41-39-37-35-33-30-21-19-17-15-13-11-9-7-2/h9,11,15,17,21,23-24,30,35,37,50-51H,6-8,10,12-14,16,18-20,22,25-29,31-34,36,38-49H2,1-5H3/p+1/b11-9-,17-15-,24-23-,30-21-,37-35-. The van der Waals surface area contributed by atoms with E-state index in [1.807, 2.05) is 21.1 Å². The molecule has 0 heterocycles. The van der Waals surface area contributed by atoms with E-state index in [4.69, 9.17) is 14.2 Å². The number of rotatable bonds is 45. The number of carbonyl (C=O) groups is 3. The first-order chi connectivity index (χ1) is 30.1. The molecule has 2 unspecified atom stereocenters. The van der Waals surface area contributed by atoms with Crippen molar-refractivity contribution in [1.29, 1.82) is 0 Å². The number of carboxylic acids is 1. The van der Waals surface area contributed by atoms with Crippen LogP contribution in [0.15, 0.2) is 60.8 Å². The second-order valence-electron chi connectivity index (χ2n) is 18.0. The Labute approximate surface area is 381 Å². The number of likely N-dealkylation sites (N-methyl/N-ethyl adjacent to an activating group) is 1. The van der Waals surface area contributed by atoms with Crippen LogP contribution in [0.5, 0.6) is 0 Å². The number of carbonyl (C=O) groups excluding carboxylic acids is 2. The highest BCUT2D eigenvalue weighted by Gasteiger charge is 2.31. The number of esters is 2. The van der Waals surface area contributed by atoms with E-state index in [0.717, 1.165) is 57.8 Å².